The maximum Gasteiger partial charge on any atom is 0.174 e. The summed E-state index contributed by atoms with van der Waals surface area (Å²) in [5.41, 5.74) is 9.56. The van der Waals surface area contributed by atoms with Gasteiger partial charge in [0.15, 0.2) is 4.34 Å². The first-order chi connectivity index (χ1) is 7.84. The summed E-state index contributed by atoms with van der Waals surface area (Å²) in [5.74, 6) is 1.08. The highest BCUT2D eigenvalue weighted by Crippen LogP contribution is 2.20. The molecular formula is C11H13N3S2. The first-order valence-corrected chi connectivity index (χ1v) is 6.94. The van der Waals surface area contributed by atoms with Crippen LogP contribution in [-0.2, 0) is 6.42 Å². The predicted molar refractivity (Wildman–Crippen MR) is 69.8 cm³/mol. The van der Waals surface area contributed by atoms with Gasteiger partial charge < -0.3 is 5.73 Å². The van der Waals surface area contributed by atoms with Crippen molar-refractivity contribution >= 4 is 28.8 Å². The van der Waals surface area contributed by atoms with Crippen molar-refractivity contribution in [2.24, 2.45) is 0 Å². The number of aromatic nitrogens is 2. The number of thioether (sulfide) groups is 1. The molecule has 84 valence electrons. The molecule has 0 aliphatic heterocycles. The van der Waals surface area contributed by atoms with Crippen molar-refractivity contribution < 1.29 is 0 Å². The van der Waals surface area contributed by atoms with Crippen LogP contribution in [0.3, 0.4) is 0 Å². The summed E-state index contributed by atoms with van der Waals surface area (Å²) in [6.07, 6.45) is 2.24. The minimum Gasteiger partial charge on any atom is -0.399 e. The average Bonchev–Trinajstić information content (AvgIpc) is 2.80. The van der Waals surface area contributed by atoms with Crippen molar-refractivity contribution in [2.45, 2.75) is 17.2 Å². The van der Waals surface area contributed by atoms with Gasteiger partial charge in [-0.2, -0.15) is 0 Å². The van der Waals surface area contributed by atoms with Crippen LogP contribution >= 0.6 is 23.1 Å². The van der Waals surface area contributed by atoms with Gasteiger partial charge in [0, 0.05) is 11.4 Å². The molecule has 0 atom stereocenters. The van der Waals surface area contributed by atoms with Crippen molar-refractivity contribution in [3.8, 4) is 0 Å². The molecule has 2 aromatic rings. The fraction of sp³-hybridized carbons (Fsp3) is 0.273. The Bertz CT molecular complexity index is 411. The van der Waals surface area contributed by atoms with Crippen molar-refractivity contribution in [1.82, 2.24) is 10.2 Å². The molecule has 2 rings (SSSR count). The first kappa shape index (κ1) is 11.4. The van der Waals surface area contributed by atoms with E-state index >= 15 is 0 Å². The molecule has 1 aromatic heterocycles. The third-order valence-corrected chi connectivity index (χ3v) is 4.10. The Morgan fingerprint density at radius 2 is 2.06 bits per heavy atom. The number of nitrogen functional groups attached to an aromatic ring is 1. The second-order valence-electron chi connectivity index (χ2n) is 3.40. The lowest BCUT2D eigenvalue weighted by molar-refractivity contribution is 0.929. The third-order valence-electron chi connectivity index (χ3n) is 2.16. The molecule has 0 unspecified atom stereocenters. The number of hydrogen-bond donors (Lipinski definition) is 1. The van der Waals surface area contributed by atoms with Crippen molar-refractivity contribution in [3.63, 3.8) is 0 Å². The Morgan fingerprint density at radius 1 is 1.25 bits per heavy atom. The summed E-state index contributed by atoms with van der Waals surface area (Å²) < 4.78 is 1.05. The van der Waals surface area contributed by atoms with Gasteiger partial charge in [0.2, 0.25) is 0 Å². The summed E-state index contributed by atoms with van der Waals surface area (Å²) in [5, 5.41) is 7.79. The first-order valence-electron chi connectivity index (χ1n) is 5.08. The van der Waals surface area contributed by atoms with E-state index in [0.717, 1.165) is 28.6 Å². The molecule has 0 saturated carbocycles. The van der Waals surface area contributed by atoms with Gasteiger partial charge in [0.05, 0.1) is 0 Å². The quantitative estimate of drug-likeness (QED) is 0.504. The lowest BCUT2D eigenvalue weighted by atomic mass is 10.1. The van der Waals surface area contributed by atoms with E-state index in [4.69, 9.17) is 5.73 Å². The van der Waals surface area contributed by atoms with Gasteiger partial charge in [0.1, 0.15) is 5.51 Å². The van der Waals surface area contributed by atoms with Crippen LogP contribution in [0.2, 0.25) is 0 Å². The Kier molecular flexibility index (Phi) is 4.18. The molecule has 0 bridgehead atoms. The lowest BCUT2D eigenvalue weighted by Crippen LogP contribution is -1.89. The highest BCUT2D eigenvalue weighted by molar-refractivity contribution is 8.00. The van der Waals surface area contributed by atoms with Gasteiger partial charge in [-0.25, -0.2) is 0 Å². The second-order valence-corrected chi connectivity index (χ2v) is 5.57. The van der Waals surface area contributed by atoms with E-state index in [1.807, 2.05) is 12.1 Å². The fourth-order valence-electron chi connectivity index (χ4n) is 1.35. The molecule has 0 radical (unpaired) electrons. The van der Waals surface area contributed by atoms with Crippen LogP contribution < -0.4 is 5.73 Å². The molecule has 0 amide bonds. The van der Waals surface area contributed by atoms with E-state index in [1.165, 1.54) is 5.56 Å². The van der Waals surface area contributed by atoms with Gasteiger partial charge in [-0.05, 0) is 30.5 Å². The van der Waals surface area contributed by atoms with Gasteiger partial charge in [-0.3, -0.25) is 0 Å². The maximum absolute atomic E-state index is 5.63. The number of hydrogen-bond acceptors (Lipinski definition) is 5. The molecule has 16 heavy (non-hydrogen) atoms. The minimum absolute atomic E-state index is 0.826. The highest BCUT2D eigenvalue weighted by atomic mass is 32.2. The average molecular weight is 251 g/mol. The Morgan fingerprint density at radius 3 is 2.75 bits per heavy atom. The Labute approximate surface area is 103 Å². The number of nitrogens with two attached hydrogens (primary N) is 1. The molecule has 0 spiro atoms. The van der Waals surface area contributed by atoms with Crippen molar-refractivity contribution in [1.29, 1.82) is 0 Å². The smallest absolute Gasteiger partial charge is 0.174 e. The minimum atomic E-state index is 0.826. The van der Waals surface area contributed by atoms with Crippen molar-refractivity contribution in [2.75, 3.05) is 11.5 Å². The molecule has 2 N–H and O–H groups in total. The van der Waals surface area contributed by atoms with Gasteiger partial charge in [-0.15, -0.1) is 10.2 Å². The number of aryl methyl sites for hydroxylation is 1. The molecule has 0 fully saturated rings. The van der Waals surface area contributed by atoms with E-state index in [2.05, 4.69) is 22.3 Å². The van der Waals surface area contributed by atoms with E-state index < -0.39 is 0 Å². The van der Waals surface area contributed by atoms with Crippen LogP contribution in [-0.4, -0.2) is 16.0 Å². The topological polar surface area (TPSA) is 51.8 Å². The van der Waals surface area contributed by atoms with E-state index in [1.54, 1.807) is 28.6 Å². The highest BCUT2D eigenvalue weighted by Gasteiger charge is 1.98. The SMILES string of the molecule is Nc1ccc(CCCSc2nncs2)cc1. The van der Waals surface area contributed by atoms with Crippen LogP contribution in [0.15, 0.2) is 34.1 Å². The second kappa shape index (κ2) is 5.86. The van der Waals surface area contributed by atoms with Crippen molar-refractivity contribution in [3.05, 3.63) is 35.3 Å². The molecule has 0 aliphatic rings. The van der Waals surface area contributed by atoms with Crippen LogP contribution in [0.4, 0.5) is 5.69 Å². The summed E-state index contributed by atoms with van der Waals surface area (Å²) >= 11 is 3.37. The molecule has 1 heterocycles. The van der Waals surface area contributed by atoms with E-state index in [0.29, 0.717) is 0 Å². The third kappa shape index (κ3) is 3.50. The summed E-state index contributed by atoms with van der Waals surface area (Å²) in [4.78, 5) is 0. The summed E-state index contributed by atoms with van der Waals surface area (Å²) in [7, 11) is 0. The van der Waals surface area contributed by atoms with E-state index in [-0.39, 0.29) is 0 Å². The predicted octanol–water partition coefficient (Wildman–Crippen LogP) is 2.85. The summed E-state index contributed by atoms with van der Waals surface area (Å²) in [6.45, 7) is 0. The number of rotatable bonds is 5. The monoisotopic (exact) mass is 251 g/mol. The Balaban J connectivity index is 1.70. The van der Waals surface area contributed by atoms with Gasteiger partial charge in [0.25, 0.3) is 0 Å². The number of benzene rings is 1. The molecule has 0 aliphatic carbocycles. The molecule has 3 nitrogen and oxygen atoms in total. The normalized spacial score (nSPS) is 10.5. The van der Waals surface area contributed by atoms with Crippen LogP contribution in [0.25, 0.3) is 0 Å². The Hall–Kier alpha value is -1.07. The molecule has 0 saturated heterocycles. The number of anilines is 1. The van der Waals surface area contributed by atoms with Crippen LogP contribution in [0.1, 0.15) is 12.0 Å². The standard InChI is InChI=1S/C11H13N3S2/c12-10-5-3-9(4-6-10)2-1-7-15-11-14-13-8-16-11/h3-6,8H,1-2,7,12H2. The van der Waals surface area contributed by atoms with Crippen LogP contribution in [0.5, 0.6) is 0 Å². The molecular weight excluding hydrogens is 238 g/mol. The van der Waals surface area contributed by atoms with Crippen LogP contribution in [0, 0.1) is 0 Å². The number of nitrogens with zero attached hydrogens (tertiary/aromatic N) is 2. The summed E-state index contributed by atoms with van der Waals surface area (Å²) in [6, 6.07) is 8.08. The zero-order valence-corrected chi connectivity index (χ0v) is 10.4. The van der Waals surface area contributed by atoms with Gasteiger partial charge in [-0.1, -0.05) is 35.2 Å². The zero-order valence-electron chi connectivity index (χ0n) is 8.80. The van der Waals surface area contributed by atoms with E-state index in [9.17, 15) is 0 Å². The largest absolute Gasteiger partial charge is 0.399 e. The lowest BCUT2D eigenvalue weighted by Gasteiger charge is -2.00. The maximum atomic E-state index is 5.63. The zero-order chi connectivity index (χ0) is 11.2. The fourth-order valence-corrected chi connectivity index (χ4v) is 2.84. The molecule has 5 heteroatoms. The molecule has 1 aromatic carbocycles. The van der Waals surface area contributed by atoms with Gasteiger partial charge >= 0.3 is 0 Å².